The quantitative estimate of drug-likeness (QED) is 0.502. The minimum absolute atomic E-state index is 0.116. The molecule has 0 aromatic heterocycles. The van der Waals surface area contributed by atoms with Crippen molar-refractivity contribution in [3.8, 4) is 0 Å². The minimum atomic E-state index is -1.05. The standard InChI is InChI=1S/C19H17NO4/c1-20(2)12-16(13-8-10-15(11-9-13)19(23)24)18(22)17(21)14-6-4-3-5-7-14/h3-12H,1-2H3,(H,23,24)/b16-12+. The Morgan fingerprint density at radius 3 is 1.88 bits per heavy atom. The molecule has 2 rings (SSSR count). The summed E-state index contributed by atoms with van der Waals surface area (Å²) in [6.07, 6.45) is 1.55. The Morgan fingerprint density at radius 2 is 1.38 bits per heavy atom. The number of allylic oxidation sites excluding steroid dienone is 1. The number of rotatable bonds is 6. The highest BCUT2D eigenvalue weighted by molar-refractivity contribution is 6.58. The van der Waals surface area contributed by atoms with Crippen molar-refractivity contribution in [2.24, 2.45) is 0 Å². The molecule has 0 unspecified atom stereocenters. The molecule has 0 saturated carbocycles. The van der Waals surface area contributed by atoms with Gasteiger partial charge in [0.2, 0.25) is 11.6 Å². The number of carboxylic acid groups (broad SMARTS) is 1. The summed E-state index contributed by atoms with van der Waals surface area (Å²) in [6, 6.07) is 14.2. The molecule has 122 valence electrons. The third kappa shape index (κ3) is 3.95. The molecule has 0 bridgehead atoms. The monoisotopic (exact) mass is 323 g/mol. The van der Waals surface area contributed by atoms with Crippen molar-refractivity contribution in [2.45, 2.75) is 0 Å². The van der Waals surface area contributed by atoms with Crippen LogP contribution in [0.2, 0.25) is 0 Å². The number of carbonyl (C=O) groups is 3. The molecule has 2 aromatic carbocycles. The first-order valence-corrected chi connectivity index (χ1v) is 7.26. The predicted molar refractivity (Wildman–Crippen MR) is 90.8 cm³/mol. The summed E-state index contributed by atoms with van der Waals surface area (Å²) in [6.45, 7) is 0. The van der Waals surface area contributed by atoms with Crippen molar-refractivity contribution >= 4 is 23.1 Å². The number of benzene rings is 2. The van der Waals surface area contributed by atoms with Crippen LogP contribution in [0.1, 0.15) is 26.3 Å². The molecule has 24 heavy (non-hydrogen) atoms. The molecule has 0 spiro atoms. The number of carboxylic acids is 1. The van der Waals surface area contributed by atoms with Crippen LogP contribution in [0.5, 0.6) is 0 Å². The third-order valence-corrected chi connectivity index (χ3v) is 3.32. The van der Waals surface area contributed by atoms with Gasteiger partial charge in [-0.25, -0.2) is 4.79 Å². The van der Waals surface area contributed by atoms with E-state index < -0.39 is 17.5 Å². The second-order valence-corrected chi connectivity index (χ2v) is 5.41. The van der Waals surface area contributed by atoms with Crippen molar-refractivity contribution in [1.29, 1.82) is 0 Å². The fourth-order valence-corrected chi connectivity index (χ4v) is 2.16. The minimum Gasteiger partial charge on any atom is -0.478 e. The number of carbonyl (C=O) groups excluding carboxylic acids is 2. The second-order valence-electron chi connectivity index (χ2n) is 5.41. The Labute approximate surface area is 139 Å². The van der Waals surface area contributed by atoms with Gasteiger partial charge in [-0.05, 0) is 17.7 Å². The van der Waals surface area contributed by atoms with Crippen molar-refractivity contribution in [1.82, 2.24) is 4.90 Å². The number of aromatic carboxylic acids is 1. The molecule has 1 N–H and O–H groups in total. The number of hydrogen-bond acceptors (Lipinski definition) is 4. The molecule has 0 heterocycles. The molecular formula is C19H17NO4. The van der Waals surface area contributed by atoms with Gasteiger partial charge < -0.3 is 10.0 Å². The van der Waals surface area contributed by atoms with Gasteiger partial charge in [0.15, 0.2) is 0 Å². The van der Waals surface area contributed by atoms with Gasteiger partial charge in [0.25, 0.3) is 0 Å². The molecule has 0 amide bonds. The van der Waals surface area contributed by atoms with Crippen molar-refractivity contribution in [3.05, 3.63) is 77.5 Å². The first-order valence-electron chi connectivity index (χ1n) is 7.26. The van der Waals surface area contributed by atoms with Crippen LogP contribution in [0.3, 0.4) is 0 Å². The highest BCUT2D eigenvalue weighted by Gasteiger charge is 2.22. The van der Waals surface area contributed by atoms with Crippen LogP contribution in [-0.4, -0.2) is 41.6 Å². The maximum atomic E-state index is 12.6. The van der Waals surface area contributed by atoms with Gasteiger partial charge in [0.05, 0.1) is 5.56 Å². The third-order valence-electron chi connectivity index (χ3n) is 3.32. The fraction of sp³-hybridized carbons (Fsp3) is 0.105. The first kappa shape index (κ1) is 17.1. The Hall–Kier alpha value is -3.21. The van der Waals surface area contributed by atoms with Crippen LogP contribution in [0.25, 0.3) is 5.57 Å². The van der Waals surface area contributed by atoms with E-state index in [2.05, 4.69) is 0 Å². The lowest BCUT2D eigenvalue weighted by molar-refractivity contribution is -0.110. The van der Waals surface area contributed by atoms with E-state index in [4.69, 9.17) is 5.11 Å². The van der Waals surface area contributed by atoms with Gasteiger partial charge in [-0.1, -0.05) is 42.5 Å². The molecule has 2 aromatic rings. The topological polar surface area (TPSA) is 74.7 Å². The zero-order valence-electron chi connectivity index (χ0n) is 13.4. The SMILES string of the molecule is CN(C)/C=C(/C(=O)C(=O)c1ccccc1)c1ccc(C(=O)O)cc1. The number of nitrogens with zero attached hydrogens (tertiary/aromatic N) is 1. The largest absolute Gasteiger partial charge is 0.478 e. The van der Waals surface area contributed by atoms with E-state index in [1.165, 1.54) is 24.3 Å². The summed E-state index contributed by atoms with van der Waals surface area (Å²) < 4.78 is 0. The molecule has 0 saturated heterocycles. The summed E-state index contributed by atoms with van der Waals surface area (Å²) in [5.41, 5.74) is 1.13. The average Bonchev–Trinajstić information content (AvgIpc) is 2.59. The van der Waals surface area contributed by atoms with E-state index in [-0.39, 0.29) is 11.1 Å². The predicted octanol–water partition coefficient (Wildman–Crippen LogP) is 2.74. The van der Waals surface area contributed by atoms with E-state index in [9.17, 15) is 14.4 Å². The van der Waals surface area contributed by atoms with Crippen molar-refractivity contribution in [3.63, 3.8) is 0 Å². The summed E-state index contributed by atoms with van der Waals surface area (Å²) in [7, 11) is 3.48. The molecular weight excluding hydrogens is 306 g/mol. The van der Waals surface area contributed by atoms with Gasteiger partial charge in [-0.15, -0.1) is 0 Å². The average molecular weight is 323 g/mol. The van der Waals surface area contributed by atoms with Crippen LogP contribution in [0.15, 0.2) is 60.8 Å². The Bertz CT molecular complexity index is 790. The molecule has 0 aliphatic carbocycles. The van der Waals surface area contributed by atoms with Crippen LogP contribution in [0.4, 0.5) is 0 Å². The molecule has 0 fully saturated rings. The van der Waals surface area contributed by atoms with Crippen molar-refractivity contribution in [2.75, 3.05) is 14.1 Å². The van der Waals surface area contributed by atoms with Gasteiger partial charge in [0.1, 0.15) is 0 Å². The first-order chi connectivity index (χ1) is 11.4. The lowest BCUT2D eigenvalue weighted by Gasteiger charge is -2.11. The maximum absolute atomic E-state index is 12.6. The normalized spacial score (nSPS) is 11.0. The van der Waals surface area contributed by atoms with Crippen LogP contribution in [0, 0.1) is 0 Å². The molecule has 5 heteroatoms. The molecule has 0 radical (unpaired) electrons. The van der Waals surface area contributed by atoms with Gasteiger partial charge in [-0.3, -0.25) is 9.59 Å². The van der Waals surface area contributed by atoms with E-state index >= 15 is 0 Å². The van der Waals surface area contributed by atoms with E-state index in [1.54, 1.807) is 55.5 Å². The van der Waals surface area contributed by atoms with Crippen LogP contribution >= 0.6 is 0 Å². The smallest absolute Gasteiger partial charge is 0.335 e. The number of hydrogen-bond donors (Lipinski definition) is 1. The van der Waals surface area contributed by atoms with E-state index in [0.29, 0.717) is 11.1 Å². The van der Waals surface area contributed by atoms with Gasteiger partial charge in [-0.2, -0.15) is 0 Å². The zero-order chi connectivity index (χ0) is 17.7. The van der Waals surface area contributed by atoms with Gasteiger partial charge in [0, 0.05) is 31.4 Å². The summed E-state index contributed by atoms with van der Waals surface area (Å²) in [5, 5.41) is 8.96. The Balaban J connectivity index is 2.40. The van der Waals surface area contributed by atoms with Crippen LogP contribution in [-0.2, 0) is 4.79 Å². The van der Waals surface area contributed by atoms with E-state index in [0.717, 1.165) is 0 Å². The summed E-state index contributed by atoms with van der Waals surface area (Å²) >= 11 is 0. The number of ketones is 2. The maximum Gasteiger partial charge on any atom is 0.335 e. The lowest BCUT2D eigenvalue weighted by atomic mass is 9.96. The number of Topliss-reactive ketones (excluding diaryl/α,β-unsaturated/α-hetero) is 2. The Morgan fingerprint density at radius 1 is 0.833 bits per heavy atom. The second kappa shape index (κ2) is 7.37. The highest BCUT2D eigenvalue weighted by Crippen LogP contribution is 2.19. The molecule has 5 nitrogen and oxygen atoms in total. The molecule has 0 atom stereocenters. The lowest BCUT2D eigenvalue weighted by Crippen LogP contribution is -2.18. The van der Waals surface area contributed by atoms with Crippen LogP contribution < -0.4 is 0 Å². The van der Waals surface area contributed by atoms with Gasteiger partial charge >= 0.3 is 5.97 Å². The highest BCUT2D eigenvalue weighted by atomic mass is 16.4. The summed E-state index contributed by atoms with van der Waals surface area (Å²) in [4.78, 5) is 37.7. The fourth-order valence-electron chi connectivity index (χ4n) is 2.16. The Kier molecular flexibility index (Phi) is 5.27. The van der Waals surface area contributed by atoms with E-state index in [1.807, 2.05) is 0 Å². The zero-order valence-corrected chi connectivity index (χ0v) is 13.4. The van der Waals surface area contributed by atoms with Crippen molar-refractivity contribution < 1.29 is 19.5 Å². The summed E-state index contributed by atoms with van der Waals surface area (Å²) in [5.74, 6) is -2.30. The molecule has 0 aliphatic heterocycles. The molecule has 0 aliphatic rings.